The zero-order chi connectivity index (χ0) is 58.5. The van der Waals surface area contributed by atoms with Crippen LogP contribution in [0, 0.1) is 0 Å². The molecule has 0 rings (SSSR count). The highest BCUT2D eigenvalue weighted by atomic mass is 16.6. The summed E-state index contributed by atoms with van der Waals surface area (Å²) in [5, 5.41) is 0. The van der Waals surface area contributed by atoms with Gasteiger partial charge in [0.2, 0.25) is 0 Å². The molecule has 1 unspecified atom stereocenters. The SMILES string of the molecule is CC/C=C\C/C=C\C/C=C\C/C=C\C/C=C\C/C=C\CCCCCCC(=O)OCC(COC(=O)CCCCCCCCCCC/C=C\CCCCCCCC)OC(=O)CCCCCCC/C=C\C/C=C\C/C=C\C/C=C\C/C=C\CC. The summed E-state index contributed by atoms with van der Waals surface area (Å²) in [6.45, 7) is 6.38. The number of hydrogen-bond acceptors (Lipinski definition) is 6. The van der Waals surface area contributed by atoms with E-state index in [4.69, 9.17) is 14.2 Å². The van der Waals surface area contributed by atoms with Gasteiger partial charge in [-0.25, -0.2) is 0 Å². The fourth-order valence-corrected chi connectivity index (χ4v) is 8.88. The highest BCUT2D eigenvalue weighted by molar-refractivity contribution is 5.71. The lowest BCUT2D eigenvalue weighted by Gasteiger charge is -2.18. The van der Waals surface area contributed by atoms with Crippen LogP contribution in [0.1, 0.15) is 290 Å². The van der Waals surface area contributed by atoms with E-state index in [9.17, 15) is 14.4 Å². The van der Waals surface area contributed by atoms with Gasteiger partial charge in [0, 0.05) is 19.3 Å². The summed E-state index contributed by atoms with van der Waals surface area (Å²) in [5.41, 5.74) is 0. The molecule has 0 bridgehead atoms. The second-order valence-corrected chi connectivity index (χ2v) is 21.6. The third-order valence-electron chi connectivity index (χ3n) is 13.8. The van der Waals surface area contributed by atoms with E-state index in [0.717, 1.165) is 161 Å². The van der Waals surface area contributed by atoms with E-state index < -0.39 is 6.10 Å². The topological polar surface area (TPSA) is 78.9 Å². The van der Waals surface area contributed by atoms with Crippen molar-refractivity contribution >= 4 is 17.9 Å². The lowest BCUT2D eigenvalue weighted by Crippen LogP contribution is -2.30. The highest BCUT2D eigenvalue weighted by Crippen LogP contribution is 2.15. The van der Waals surface area contributed by atoms with Crippen LogP contribution in [0.25, 0.3) is 0 Å². The zero-order valence-corrected chi connectivity index (χ0v) is 52.5. The molecular formula is C75H122O6. The molecule has 0 saturated heterocycles. The van der Waals surface area contributed by atoms with Crippen LogP contribution in [0.15, 0.2) is 146 Å². The van der Waals surface area contributed by atoms with E-state index in [1.165, 1.54) is 89.9 Å². The Kier molecular flexibility index (Phi) is 63.9. The molecule has 0 aromatic heterocycles. The fourth-order valence-electron chi connectivity index (χ4n) is 8.88. The Balaban J connectivity index is 4.51. The van der Waals surface area contributed by atoms with Crippen LogP contribution in [-0.2, 0) is 28.6 Å². The van der Waals surface area contributed by atoms with Gasteiger partial charge in [0.05, 0.1) is 0 Å². The number of ether oxygens (including phenoxy) is 3. The number of esters is 3. The predicted octanol–water partition coefficient (Wildman–Crippen LogP) is 23.1. The molecule has 0 aliphatic carbocycles. The van der Waals surface area contributed by atoms with Crippen LogP contribution in [0.3, 0.4) is 0 Å². The van der Waals surface area contributed by atoms with Gasteiger partial charge in [-0.1, -0.05) is 276 Å². The average molecular weight is 1120 g/mol. The Bertz CT molecular complexity index is 1760. The van der Waals surface area contributed by atoms with E-state index in [-0.39, 0.29) is 31.1 Å². The van der Waals surface area contributed by atoms with Gasteiger partial charge in [0.15, 0.2) is 6.10 Å². The zero-order valence-electron chi connectivity index (χ0n) is 52.5. The first kappa shape index (κ1) is 76.3. The number of allylic oxidation sites excluding steroid dienone is 24. The molecule has 0 spiro atoms. The first-order valence-electron chi connectivity index (χ1n) is 33.3. The molecule has 6 heteroatoms. The monoisotopic (exact) mass is 1120 g/mol. The van der Waals surface area contributed by atoms with Gasteiger partial charge in [-0.15, -0.1) is 0 Å². The third-order valence-corrected chi connectivity index (χ3v) is 13.8. The number of hydrogen-bond donors (Lipinski definition) is 0. The maximum atomic E-state index is 12.9. The summed E-state index contributed by atoms with van der Waals surface area (Å²) in [7, 11) is 0. The van der Waals surface area contributed by atoms with Crippen molar-refractivity contribution in [3.05, 3.63) is 146 Å². The standard InChI is InChI=1S/C75H122O6/c1-4-7-10-13-16-19-22-25-28-31-34-36-37-39-41-44-47-50-53-56-59-62-65-68-74(77)80-71-72(70-79-73(76)67-64-61-58-55-52-49-46-43-40-33-30-27-24-21-18-15-12-9-6-3)81-75(78)69-66-63-60-57-54-51-48-45-42-38-35-32-29-26-23-20-17-14-11-8-5-2/h7-8,10-11,16-17,19-20,25-30,34-36,38-39,41,45,47-48,50,72H,4-6,9,12-15,18,21-24,31-33,37,40,42-44,46,49,51-71H2,1-3H3/b10-7-,11-8-,19-16-,20-17-,28-25-,29-26-,30-27-,36-34-,38-35-,41-39-,48-45-,50-47-. The third kappa shape index (κ3) is 66.0. The van der Waals surface area contributed by atoms with Gasteiger partial charge >= 0.3 is 17.9 Å². The Labute approximate surface area is 499 Å². The second kappa shape index (κ2) is 67.8. The Hall–Kier alpha value is -4.71. The minimum atomic E-state index is -0.809. The first-order valence-corrected chi connectivity index (χ1v) is 33.3. The Morgan fingerprint density at radius 3 is 0.765 bits per heavy atom. The van der Waals surface area contributed by atoms with Crippen molar-refractivity contribution in [3.63, 3.8) is 0 Å². The van der Waals surface area contributed by atoms with Crippen molar-refractivity contribution in [1.82, 2.24) is 0 Å². The molecule has 0 aromatic rings. The van der Waals surface area contributed by atoms with Crippen molar-refractivity contribution in [2.45, 2.75) is 297 Å². The molecule has 0 N–H and O–H groups in total. The van der Waals surface area contributed by atoms with Crippen LogP contribution < -0.4 is 0 Å². The largest absolute Gasteiger partial charge is 0.462 e. The summed E-state index contributed by atoms with van der Waals surface area (Å²) in [4.78, 5) is 38.4. The minimum absolute atomic E-state index is 0.100. The van der Waals surface area contributed by atoms with Gasteiger partial charge in [0.25, 0.3) is 0 Å². The van der Waals surface area contributed by atoms with Crippen LogP contribution >= 0.6 is 0 Å². The van der Waals surface area contributed by atoms with Crippen LogP contribution in [0.2, 0.25) is 0 Å². The van der Waals surface area contributed by atoms with Crippen LogP contribution in [0.5, 0.6) is 0 Å². The van der Waals surface area contributed by atoms with Crippen LogP contribution in [0.4, 0.5) is 0 Å². The van der Waals surface area contributed by atoms with Gasteiger partial charge in [-0.05, 0) is 141 Å². The van der Waals surface area contributed by atoms with Crippen LogP contribution in [-0.4, -0.2) is 37.2 Å². The molecule has 1 atom stereocenters. The molecule has 0 radical (unpaired) electrons. The molecule has 0 saturated carbocycles. The highest BCUT2D eigenvalue weighted by Gasteiger charge is 2.19. The minimum Gasteiger partial charge on any atom is -0.462 e. The normalized spacial score (nSPS) is 13.1. The second-order valence-electron chi connectivity index (χ2n) is 21.6. The fraction of sp³-hybridized carbons (Fsp3) is 0.640. The molecule has 458 valence electrons. The van der Waals surface area contributed by atoms with Gasteiger partial charge < -0.3 is 14.2 Å². The van der Waals surface area contributed by atoms with Crippen molar-refractivity contribution in [3.8, 4) is 0 Å². The number of unbranched alkanes of at least 4 members (excludes halogenated alkanes) is 24. The van der Waals surface area contributed by atoms with E-state index >= 15 is 0 Å². The summed E-state index contributed by atoms with van der Waals surface area (Å²) in [6.07, 6.45) is 97.0. The van der Waals surface area contributed by atoms with Crippen molar-refractivity contribution < 1.29 is 28.6 Å². The van der Waals surface area contributed by atoms with E-state index in [1.807, 2.05) is 0 Å². The molecule has 81 heavy (non-hydrogen) atoms. The Morgan fingerprint density at radius 2 is 0.481 bits per heavy atom. The van der Waals surface area contributed by atoms with E-state index in [2.05, 4.69) is 167 Å². The molecule has 0 fully saturated rings. The molecule has 6 nitrogen and oxygen atoms in total. The van der Waals surface area contributed by atoms with Crippen molar-refractivity contribution in [2.75, 3.05) is 13.2 Å². The number of carbonyl (C=O) groups excluding carboxylic acids is 3. The number of rotatable bonds is 59. The van der Waals surface area contributed by atoms with Crippen molar-refractivity contribution in [2.24, 2.45) is 0 Å². The van der Waals surface area contributed by atoms with E-state index in [1.54, 1.807) is 0 Å². The Morgan fingerprint density at radius 1 is 0.259 bits per heavy atom. The molecular weight excluding hydrogens is 997 g/mol. The maximum Gasteiger partial charge on any atom is 0.306 e. The smallest absolute Gasteiger partial charge is 0.306 e. The summed E-state index contributed by atoms with van der Waals surface area (Å²) >= 11 is 0. The van der Waals surface area contributed by atoms with Crippen molar-refractivity contribution in [1.29, 1.82) is 0 Å². The average Bonchev–Trinajstić information content (AvgIpc) is 3.47. The number of carbonyl (C=O) groups is 3. The molecule has 0 aliphatic rings. The maximum absolute atomic E-state index is 12.9. The van der Waals surface area contributed by atoms with Gasteiger partial charge in [0.1, 0.15) is 13.2 Å². The molecule has 0 aliphatic heterocycles. The molecule has 0 aromatic carbocycles. The first-order chi connectivity index (χ1) is 40.0. The van der Waals surface area contributed by atoms with Gasteiger partial charge in [-0.2, -0.15) is 0 Å². The predicted molar refractivity (Wildman–Crippen MR) is 352 cm³/mol. The summed E-state index contributed by atoms with van der Waals surface area (Å²) in [6, 6.07) is 0. The summed E-state index contributed by atoms with van der Waals surface area (Å²) in [5.74, 6) is -0.944. The van der Waals surface area contributed by atoms with Gasteiger partial charge in [-0.3, -0.25) is 14.4 Å². The quantitative estimate of drug-likeness (QED) is 0.0261. The lowest BCUT2D eigenvalue weighted by molar-refractivity contribution is -0.167. The summed E-state index contributed by atoms with van der Waals surface area (Å²) < 4.78 is 16.9. The molecule has 0 amide bonds. The lowest BCUT2D eigenvalue weighted by atomic mass is 10.1. The van der Waals surface area contributed by atoms with E-state index in [0.29, 0.717) is 19.3 Å². The molecule has 0 heterocycles.